The molecule has 0 spiro atoms. The number of halogens is 1. The lowest BCUT2D eigenvalue weighted by atomic mass is 10.4. The number of hydrogen-bond donors (Lipinski definition) is 2. The van der Waals surface area contributed by atoms with E-state index in [1.165, 1.54) is 0 Å². The number of nitrogens with two attached hydrogens (primary N) is 1. The molecule has 0 fully saturated rings. The molecule has 0 aliphatic carbocycles. The van der Waals surface area contributed by atoms with E-state index in [2.05, 4.69) is 20.5 Å². The molecule has 0 amide bonds. The molecule has 0 radical (unpaired) electrons. The Balaban J connectivity index is 2.54. The van der Waals surface area contributed by atoms with Crippen LogP contribution in [0.5, 0.6) is 0 Å². The number of nitrogens with one attached hydrogen (secondary N) is 1. The van der Waals surface area contributed by atoms with E-state index in [1.807, 2.05) is 13.8 Å². The smallest absolute Gasteiger partial charge is 0.239 e. The second-order valence-electron chi connectivity index (χ2n) is 3.28. The first-order chi connectivity index (χ1) is 7.63. The van der Waals surface area contributed by atoms with Gasteiger partial charge in [-0.25, -0.2) is 15.5 Å². The normalized spacial score (nSPS) is 10.5. The van der Waals surface area contributed by atoms with E-state index in [4.69, 9.17) is 17.4 Å². The molecule has 0 bridgehead atoms. The van der Waals surface area contributed by atoms with E-state index in [-0.39, 0.29) is 0 Å². The van der Waals surface area contributed by atoms with Crippen LogP contribution in [0.3, 0.4) is 0 Å². The van der Waals surface area contributed by atoms with E-state index in [0.717, 1.165) is 11.4 Å². The van der Waals surface area contributed by atoms with Gasteiger partial charge in [0.25, 0.3) is 0 Å². The lowest BCUT2D eigenvalue weighted by molar-refractivity contribution is 0.801. The molecule has 0 atom stereocenters. The maximum atomic E-state index is 6.05. The molecule has 0 unspecified atom stereocenters. The van der Waals surface area contributed by atoms with Crippen molar-refractivity contribution in [2.24, 2.45) is 5.84 Å². The highest BCUT2D eigenvalue weighted by Crippen LogP contribution is 2.21. The summed E-state index contributed by atoms with van der Waals surface area (Å²) in [4.78, 5) is 8.09. The molecule has 6 nitrogen and oxygen atoms in total. The van der Waals surface area contributed by atoms with E-state index >= 15 is 0 Å². The van der Waals surface area contributed by atoms with E-state index in [0.29, 0.717) is 16.8 Å². The minimum Gasteiger partial charge on any atom is -0.292 e. The molecule has 3 N–H and O–H groups in total. The van der Waals surface area contributed by atoms with Crippen LogP contribution in [0.15, 0.2) is 12.3 Å². The summed E-state index contributed by atoms with van der Waals surface area (Å²) in [7, 11) is 0. The number of nitrogen functional groups attached to an aromatic ring is 1. The fourth-order valence-electron chi connectivity index (χ4n) is 1.38. The molecule has 16 heavy (non-hydrogen) atoms. The molecule has 0 saturated carbocycles. The van der Waals surface area contributed by atoms with Crippen LogP contribution in [0.1, 0.15) is 11.4 Å². The molecule has 2 aromatic heterocycles. The summed E-state index contributed by atoms with van der Waals surface area (Å²) >= 11 is 6.05. The second-order valence-corrected chi connectivity index (χ2v) is 3.66. The molecule has 2 heterocycles. The predicted molar refractivity (Wildman–Crippen MR) is 61.4 cm³/mol. The Kier molecular flexibility index (Phi) is 2.76. The average molecular weight is 239 g/mol. The molecule has 84 valence electrons. The van der Waals surface area contributed by atoms with E-state index in [9.17, 15) is 0 Å². The molecule has 0 saturated heterocycles. The standard InChI is InChI=1S/C9H11ClN6/c1-5-8(10)6(2)16(15-5)7-3-4-12-9(13-7)14-11/h3-4H,11H2,1-2H3,(H,12,13,14). The fourth-order valence-corrected chi connectivity index (χ4v) is 1.50. The average Bonchev–Trinajstić information content (AvgIpc) is 2.57. The summed E-state index contributed by atoms with van der Waals surface area (Å²) in [6, 6.07) is 1.73. The molecule has 0 aliphatic rings. The first kappa shape index (κ1) is 10.8. The van der Waals surface area contributed by atoms with Gasteiger partial charge in [-0.3, -0.25) is 5.43 Å². The van der Waals surface area contributed by atoms with Gasteiger partial charge in [0.05, 0.1) is 16.4 Å². The van der Waals surface area contributed by atoms with Gasteiger partial charge in [-0.1, -0.05) is 11.6 Å². The van der Waals surface area contributed by atoms with Crippen molar-refractivity contribution in [1.82, 2.24) is 19.7 Å². The summed E-state index contributed by atoms with van der Waals surface area (Å²) in [5, 5.41) is 4.92. The van der Waals surface area contributed by atoms with Crippen LogP contribution in [0.4, 0.5) is 5.95 Å². The maximum Gasteiger partial charge on any atom is 0.239 e. The number of rotatable bonds is 2. The van der Waals surface area contributed by atoms with Crippen LogP contribution in [0.2, 0.25) is 5.02 Å². The van der Waals surface area contributed by atoms with Gasteiger partial charge in [-0.2, -0.15) is 10.1 Å². The predicted octanol–water partition coefficient (Wildman–Crippen LogP) is 1.22. The van der Waals surface area contributed by atoms with Crippen LogP contribution in [-0.4, -0.2) is 19.7 Å². The Morgan fingerprint density at radius 3 is 2.75 bits per heavy atom. The first-order valence-electron chi connectivity index (χ1n) is 4.65. The minimum absolute atomic E-state index is 0.334. The van der Waals surface area contributed by atoms with Crippen molar-refractivity contribution in [2.45, 2.75) is 13.8 Å². The Labute approximate surface area is 97.4 Å². The Hall–Kier alpha value is -1.66. The van der Waals surface area contributed by atoms with Crippen LogP contribution >= 0.6 is 11.6 Å². The molecule has 7 heteroatoms. The van der Waals surface area contributed by atoms with Crippen molar-refractivity contribution >= 4 is 17.5 Å². The van der Waals surface area contributed by atoms with Crippen LogP contribution in [0.25, 0.3) is 5.82 Å². The van der Waals surface area contributed by atoms with Crippen molar-refractivity contribution in [2.75, 3.05) is 5.43 Å². The quantitative estimate of drug-likeness (QED) is 0.607. The summed E-state index contributed by atoms with van der Waals surface area (Å²) in [5.41, 5.74) is 3.98. The van der Waals surface area contributed by atoms with Gasteiger partial charge in [0.1, 0.15) is 0 Å². The molecule has 2 aromatic rings. The number of nitrogens with zero attached hydrogens (tertiary/aromatic N) is 4. The molecular weight excluding hydrogens is 228 g/mol. The van der Waals surface area contributed by atoms with Gasteiger partial charge in [0.15, 0.2) is 5.82 Å². The van der Waals surface area contributed by atoms with Crippen molar-refractivity contribution in [3.8, 4) is 5.82 Å². The topological polar surface area (TPSA) is 81.7 Å². The van der Waals surface area contributed by atoms with Crippen LogP contribution < -0.4 is 11.3 Å². The van der Waals surface area contributed by atoms with Crippen LogP contribution in [0, 0.1) is 13.8 Å². The maximum absolute atomic E-state index is 6.05. The molecule has 2 rings (SSSR count). The third-order valence-electron chi connectivity index (χ3n) is 2.19. The zero-order chi connectivity index (χ0) is 11.7. The Bertz CT molecular complexity index is 521. The Morgan fingerprint density at radius 1 is 1.44 bits per heavy atom. The van der Waals surface area contributed by atoms with Gasteiger partial charge in [0, 0.05) is 12.3 Å². The summed E-state index contributed by atoms with van der Waals surface area (Å²) < 4.78 is 1.65. The highest BCUT2D eigenvalue weighted by atomic mass is 35.5. The van der Waals surface area contributed by atoms with Gasteiger partial charge in [-0.15, -0.1) is 0 Å². The van der Waals surface area contributed by atoms with Crippen LogP contribution in [-0.2, 0) is 0 Å². The first-order valence-corrected chi connectivity index (χ1v) is 5.03. The summed E-state index contributed by atoms with van der Waals surface area (Å²) in [6.45, 7) is 3.72. The number of aryl methyl sites for hydroxylation is 1. The number of aromatic nitrogens is 4. The molecule has 0 aromatic carbocycles. The van der Waals surface area contributed by atoms with Gasteiger partial charge >= 0.3 is 0 Å². The summed E-state index contributed by atoms with van der Waals surface area (Å²) in [5.74, 6) is 6.19. The van der Waals surface area contributed by atoms with Crippen molar-refractivity contribution in [3.05, 3.63) is 28.7 Å². The van der Waals surface area contributed by atoms with Gasteiger partial charge in [-0.05, 0) is 13.8 Å². The van der Waals surface area contributed by atoms with Crippen molar-refractivity contribution < 1.29 is 0 Å². The lowest BCUT2D eigenvalue weighted by Crippen LogP contribution is -2.12. The third-order valence-corrected chi connectivity index (χ3v) is 2.74. The Morgan fingerprint density at radius 2 is 2.19 bits per heavy atom. The minimum atomic E-state index is 0.334. The molecular formula is C9H11ClN6. The van der Waals surface area contributed by atoms with Gasteiger partial charge < -0.3 is 0 Å². The molecule has 0 aliphatic heterocycles. The van der Waals surface area contributed by atoms with Gasteiger partial charge in [0.2, 0.25) is 5.95 Å². The lowest BCUT2D eigenvalue weighted by Gasteiger charge is -2.04. The number of hydrazine groups is 1. The highest BCUT2D eigenvalue weighted by molar-refractivity contribution is 6.31. The van der Waals surface area contributed by atoms with Crippen molar-refractivity contribution in [1.29, 1.82) is 0 Å². The fraction of sp³-hybridized carbons (Fsp3) is 0.222. The third kappa shape index (κ3) is 1.72. The number of hydrogen-bond acceptors (Lipinski definition) is 5. The summed E-state index contributed by atoms with van der Waals surface area (Å²) in [6.07, 6.45) is 1.60. The monoisotopic (exact) mass is 238 g/mol. The highest BCUT2D eigenvalue weighted by Gasteiger charge is 2.11. The zero-order valence-corrected chi connectivity index (χ0v) is 9.65. The zero-order valence-electron chi connectivity index (χ0n) is 8.90. The van der Waals surface area contributed by atoms with E-state index < -0.39 is 0 Å². The second kappa shape index (κ2) is 4.07. The largest absolute Gasteiger partial charge is 0.292 e. The SMILES string of the molecule is Cc1nn(-c2ccnc(NN)n2)c(C)c1Cl. The van der Waals surface area contributed by atoms with Crippen molar-refractivity contribution in [3.63, 3.8) is 0 Å². The number of anilines is 1. The van der Waals surface area contributed by atoms with E-state index in [1.54, 1.807) is 16.9 Å².